The molecule has 18 heavy (non-hydrogen) atoms. The summed E-state index contributed by atoms with van der Waals surface area (Å²) in [6, 6.07) is 0. The van der Waals surface area contributed by atoms with Crippen molar-refractivity contribution in [1.29, 1.82) is 0 Å². The second-order valence-corrected chi connectivity index (χ2v) is 6.04. The Morgan fingerprint density at radius 2 is 1.83 bits per heavy atom. The number of allylic oxidation sites excluding steroid dienone is 2. The molecule has 0 aromatic heterocycles. The quantitative estimate of drug-likeness (QED) is 0.334. The number of cyclic esters (lactones) is 1. The first-order valence-electron chi connectivity index (χ1n) is 7.00. The van der Waals surface area contributed by atoms with E-state index in [0.717, 1.165) is 30.6 Å². The molecule has 102 valence electrons. The average Bonchev–Trinajstić information content (AvgIpc) is 2.71. The number of hydrogen-bond acceptors (Lipinski definition) is 2. The highest BCUT2D eigenvalue weighted by Gasteiger charge is 2.22. The monoisotopic (exact) mass is 362 g/mol. The predicted molar refractivity (Wildman–Crippen MR) is 83.5 cm³/mol. The fourth-order valence-corrected chi connectivity index (χ4v) is 2.87. The number of unbranched alkanes of at least 4 members (excludes halogenated alkanes) is 4. The molecule has 0 aliphatic carbocycles. The number of ether oxygens (including phenoxy) is 1. The third-order valence-corrected chi connectivity index (χ3v) is 4.11. The molecule has 0 saturated heterocycles. The van der Waals surface area contributed by atoms with Gasteiger partial charge in [0.2, 0.25) is 0 Å². The highest BCUT2D eigenvalue weighted by Crippen LogP contribution is 2.32. The minimum atomic E-state index is -0.193. The van der Waals surface area contributed by atoms with Gasteiger partial charge in [-0.3, -0.25) is 0 Å². The average molecular weight is 362 g/mol. The number of carbonyl (C=O) groups is 1. The van der Waals surface area contributed by atoms with Crippen LogP contribution in [0.15, 0.2) is 21.0 Å². The molecule has 0 radical (unpaired) electrons. The zero-order valence-corrected chi connectivity index (χ0v) is 13.6. The molecule has 1 heterocycles. The van der Waals surface area contributed by atoms with Crippen LogP contribution < -0.4 is 0 Å². The summed E-state index contributed by atoms with van der Waals surface area (Å²) in [5, 5.41) is 0. The molecule has 1 aliphatic heterocycles. The second kappa shape index (κ2) is 8.73. The Morgan fingerprint density at radius 1 is 1.17 bits per heavy atom. The van der Waals surface area contributed by atoms with Crippen LogP contribution in [0, 0.1) is 0 Å². The molecule has 3 heteroatoms. The van der Waals surface area contributed by atoms with Gasteiger partial charge in [-0.25, -0.2) is 4.79 Å². The van der Waals surface area contributed by atoms with E-state index in [1.165, 1.54) is 35.7 Å². The summed E-state index contributed by atoms with van der Waals surface area (Å²) in [6.07, 6.45) is 10.9. The van der Waals surface area contributed by atoms with Crippen molar-refractivity contribution in [2.24, 2.45) is 0 Å². The number of carbonyl (C=O) groups excluding carboxylic acids is 1. The molecule has 0 saturated carbocycles. The molecule has 2 nitrogen and oxygen atoms in total. The largest absolute Gasteiger partial charge is 0.422 e. The Balaban J connectivity index is 2.59. The van der Waals surface area contributed by atoms with Crippen LogP contribution in [0.1, 0.15) is 65.2 Å². The van der Waals surface area contributed by atoms with E-state index in [4.69, 9.17) is 4.74 Å². The van der Waals surface area contributed by atoms with Crippen LogP contribution in [0.4, 0.5) is 0 Å². The van der Waals surface area contributed by atoms with Crippen LogP contribution in [-0.4, -0.2) is 5.97 Å². The van der Waals surface area contributed by atoms with Crippen LogP contribution >= 0.6 is 22.6 Å². The molecule has 0 bridgehead atoms. The van der Waals surface area contributed by atoms with Crippen molar-refractivity contribution >= 4 is 28.6 Å². The lowest BCUT2D eigenvalue weighted by Crippen LogP contribution is -1.94. The first-order chi connectivity index (χ1) is 8.69. The Morgan fingerprint density at radius 3 is 2.50 bits per heavy atom. The summed E-state index contributed by atoms with van der Waals surface area (Å²) in [6.45, 7) is 4.39. The summed E-state index contributed by atoms with van der Waals surface area (Å²) in [4.78, 5) is 11.4. The third-order valence-electron chi connectivity index (χ3n) is 3.08. The van der Waals surface area contributed by atoms with E-state index in [9.17, 15) is 4.79 Å². The minimum absolute atomic E-state index is 0.193. The fourth-order valence-electron chi connectivity index (χ4n) is 2.03. The van der Waals surface area contributed by atoms with Crippen LogP contribution in [0.3, 0.4) is 0 Å². The standard InChI is InChI=1S/C15H23IO2/c1-3-5-7-9-12-11-14(17)18-15(12)13(16)10-8-6-4-2/h11H,3-10H2,1-2H3/b15-13+. The molecule has 0 fully saturated rings. The molecule has 0 N–H and O–H groups in total. The van der Waals surface area contributed by atoms with Crippen LogP contribution in [0.25, 0.3) is 0 Å². The van der Waals surface area contributed by atoms with Crippen LogP contribution in [0.2, 0.25) is 0 Å². The fraction of sp³-hybridized carbons (Fsp3) is 0.667. The molecule has 0 atom stereocenters. The lowest BCUT2D eigenvalue weighted by molar-refractivity contribution is -0.132. The van der Waals surface area contributed by atoms with Crippen LogP contribution in [0.5, 0.6) is 0 Å². The van der Waals surface area contributed by atoms with E-state index >= 15 is 0 Å². The van der Waals surface area contributed by atoms with Gasteiger partial charge < -0.3 is 4.74 Å². The Bertz CT molecular complexity index is 342. The predicted octanol–water partition coefficient (Wildman–Crippen LogP) is 5.28. The number of esters is 1. The highest BCUT2D eigenvalue weighted by atomic mass is 127. The summed E-state index contributed by atoms with van der Waals surface area (Å²) in [5.74, 6) is 0.661. The van der Waals surface area contributed by atoms with Gasteiger partial charge in [-0.2, -0.15) is 0 Å². The Hall–Kier alpha value is -0.320. The van der Waals surface area contributed by atoms with Crippen molar-refractivity contribution in [3.63, 3.8) is 0 Å². The van der Waals surface area contributed by atoms with Gasteiger partial charge in [-0.15, -0.1) is 0 Å². The molecule has 0 amide bonds. The van der Waals surface area contributed by atoms with Gasteiger partial charge in [0.1, 0.15) is 5.76 Å². The number of halogens is 1. The van der Waals surface area contributed by atoms with E-state index in [1.54, 1.807) is 6.08 Å². The van der Waals surface area contributed by atoms with E-state index in [0.29, 0.717) is 0 Å². The highest BCUT2D eigenvalue weighted by molar-refractivity contribution is 14.1. The Kier molecular flexibility index (Phi) is 7.63. The topological polar surface area (TPSA) is 26.3 Å². The molecular formula is C15H23IO2. The first kappa shape index (κ1) is 15.7. The van der Waals surface area contributed by atoms with E-state index < -0.39 is 0 Å². The van der Waals surface area contributed by atoms with E-state index in [-0.39, 0.29) is 5.97 Å². The van der Waals surface area contributed by atoms with Crippen molar-refractivity contribution in [3.8, 4) is 0 Å². The van der Waals surface area contributed by atoms with Crippen molar-refractivity contribution in [2.75, 3.05) is 0 Å². The smallest absolute Gasteiger partial charge is 0.336 e. The summed E-state index contributed by atoms with van der Waals surface area (Å²) < 4.78 is 6.54. The zero-order valence-electron chi connectivity index (χ0n) is 11.4. The molecule has 0 unspecified atom stereocenters. The van der Waals surface area contributed by atoms with Gasteiger partial charge in [-0.1, -0.05) is 39.5 Å². The van der Waals surface area contributed by atoms with Gasteiger partial charge in [0.05, 0.1) is 0 Å². The van der Waals surface area contributed by atoms with Gasteiger partial charge in [0.25, 0.3) is 0 Å². The summed E-state index contributed by atoms with van der Waals surface area (Å²) in [5.41, 5.74) is 1.11. The van der Waals surface area contributed by atoms with Crippen molar-refractivity contribution in [1.82, 2.24) is 0 Å². The Labute approximate surface area is 124 Å². The third kappa shape index (κ3) is 5.12. The van der Waals surface area contributed by atoms with Gasteiger partial charge >= 0.3 is 5.97 Å². The van der Waals surface area contributed by atoms with Crippen molar-refractivity contribution < 1.29 is 9.53 Å². The lowest BCUT2D eigenvalue weighted by atomic mass is 10.1. The maximum atomic E-state index is 11.4. The minimum Gasteiger partial charge on any atom is -0.422 e. The van der Waals surface area contributed by atoms with Crippen molar-refractivity contribution in [3.05, 3.63) is 21.0 Å². The molecule has 0 aromatic rings. The molecular weight excluding hydrogens is 339 g/mol. The van der Waals surface area contributed by atoms with Gasteiger partial charge in [0.15, 0.2) is 0 Å². The molecule has 0 aromatic carbocycles. The summed E-state index contributed by atoms with van der Waals surface area (Å²) >= 11 is 2.33. The first-order valence-corrected chi connectivity index (χ1v) is 8.08. The molecule has 1 rings (SSSR count). The maximum absolute atomic E-state index is 11.4. The zero-order chi connectivity index (χ0) is 13.4. The number of rotatable bonds is 8. The molecule has 0 spiro atoms. The normalized spacial score (nSPS) is 17.7. The molecule has 1 aliphatic rings. The SMILES string of the molecule is CCCCCC1=CC(=O)O/C1=C(/I)CCCCC. The maximum Gasteiger partial charge on any atom is 0.336 e. The van der Waals surface area contributed by atoms with Crippen molar-refractivity contribution in [2.45, 2.75) is 65.2 Å². The second-order valence-electron chi connectivity index (χ2n) is 4.74. The summed E-state index contributed by atoms with van der Waals surface area (Å²) in [7, 11) is 0. The van der Waals surface area contributed by atoms with Gasteiger partial charge in [-0.05, 0) is 48.3 Å². The van der Waals surface area contributed by atoms with E-state index in [2.05, 4.69) is 36.4 Å². The van der Waals surface area contributed by atoms with Gasteiger partial charge in [0, 0.05) is 15.2 Å². The number of hydrogen-bond donors (Lipinski definition) is 0. The lowest BCUT2D eigenvalue weighted by Gasteiger charge is -2.08. The van der Waals surface area contributed by atoms with E-state index in [1.807, 2.05) is 0 Å². The van der Waals surface area contributed by atoms with Crippen LogP contribution in [-0.2, 0) is 9.53 Å².